The zero-order valence-electron chi connectivity index (χ0n) is 14.3. The number of pyridine rings is 1. The first-order chi connectivity index (χ1) is 12.3. The summed E-state index contributed by atoms with van der Waals surface area (Å²) in [5, 5.41) is 9.89. The fourth-order valence-corrected chi connectivity index (χ4v) is 2.96. The summed E-state index contributed by atoms with van der Waals surface area (Å²) in [7, 11) is 5.24. The number of aromatic amines is 1. The number of methoxy groups -OCH3 is 1. The number of fused-ring (bicyclic) bond motifs is 1. The van der Waals surface area contributed by atoms with Gasteiger partial charge in [0.15, 0.2) is 0 Å². The molecule has 8 heteroatoms. The van der Waals surface area contributed by atoms with Gasteiger partial charge >= 0.3 is 5.97 Å². The first-order valence-electron chi connectivity index (χ1n) is 7.64. The second-order valence-electron chi connectivity index (χ2n) is 5.83. The van der Waals surface area contributed by atoms with E-state index in [0.717, 1.165) is 0 Å². The third-order valence-electron chi connectivity index (χ3n) is 4.00. The smallest absolute Gasteiger partial charge is 0.377 e. The van der Waals surface area contributed by atoms with Crippen molar-refractivity contribution < 1.29 is 19.4 Å². The Labute approximate surface area is 154 Å². The molecule has 0 spiro atoms. The van der Waals surface area contributed by atoms with Crippen molar-refractivity contribution in [1.29, 1.82) is 0 Å². The van der Waals surface area contributed by atoms with Crippen LogP contribution in [0.5, 0.6) is 5.88 Å². The number of rotatable bonds is 5. The number of hydrogen-bond donors (Lipinski definition) is 2. The molecule has 2 N–H and O–H groups in total. The molecule has 0 unspecified atom stereocenters. The summed E-state index contributed by atoms with van der Waals surface area (Å²) in [6.45, 7) is 0. The molecular weight excluding hydrogens is 358 g/mol. The summed E-state index contributed by atoms with van der Waals surface area (Å²) in [6, 6.07) is 6.95. The van der Waals surface area contributed by atoms with Gasteiger partial charge in [0.25, 0.3) is 5.78 Å². The molecule has 3 rings (SSSR count). The molecule has 0 saturated carbocycles. The van der Waals surface area contributed by atoms with Crippen LogP contribution >= 0.6 is 11.6 Å². The number of nitrogens with zero attached hydrogens (tertiary/aromatic N) is 2. The minimum Gasteiger partial charge on any atom is -0.480 e. The Morgan fingerprint density at radius 1 is 1.23 bits per heavy atom. The van der Waals surface area contributed by atoms with E-state index in [2.05, 4.69) is 9.97 Å². The lowest BCUT2D eigenvalue weighted by molar-refractivity contribution is -0.131. The van der Waals surface area contributed by atoms with Crippen molar-refractivity contribution in [3.63, 3.8) is 0 Å². The van der Waals surface area contributed by atoms with Crippen LogP contribution in [0, 0.1) is 0 Å². The second-order valence-corrected chi connectivity index (χ2v) is 6.24. The maximum atomic E-state index is 11.9. The van der Waals surface area contributed by atoms with Crippen molar-refractivity contribution in [2.75, 3.05) is 26.1 Å². The fraction of sp³-hybridized carbons (Fsp3) is 0.167. The van der Waals surface area contributed by atoms with E-state index in [0.29, 0.717) is 38.8 Å². The monoisotopic (exact) mass is 373 g/mol. The average Bonchev–Trinajstić information content (AvgIpc) is 3.02. The summed E-state index contributed by atoms with van der Waals surface area (Å²) in [4.78, 5) is 32.1. The Morgan fingerprint density at radius 3 is 2.58 bits per heavy atom. The highest BCUT2D eigenvalue weighted by Crippen LogP contribution is 2.38. The lowest BCUT2D eigenvalue weighted by atomic mass is 10.0. The zero-order valence-corrected chi connectivity index (χ0v) is 15.1. The van der Waals surface area contributed by atoms with E-state index < -0.39 is 11.8 Å². The maximum Gasteiger partial charge on any atom is 0.377 e. The number of Topliss-reactive ketones (excluding diaryl/α,β-unsaturated/α-hetero) is 1. The van der Waals surface area contributed by atoms with Crippen molar-refractivity contribution in [3.05, 3.63) is 41.0 Å². The van der Waals surface area contributed by atoms with E-state index in [-0.39, 0.29) is 5.56 Å². The van der Waals surface area contributed by atoms with Crippen molar-refractivity contribution >= 4 is 40.1 Å². The largest absolute Gasteiger partial charge is 0.480 e. The summed E-state index contributed by atoms with van der Waals surface area (Å²) in [6.07, 6.45) is 1.37. The maximum absolute atomic E-state index is 11.9. The normalized spacial score (nSPS) is 10.8. The van der Waals surface area contributed by atoms with Gasteiger partial charge in [-0.3, -0.25) is 4.79 Å². The van der Waals surface area contributed by atoms with Crippen molar-refractivity contribution in [2.45, 2.75) is 0 Å². The Balaban J connectivity index is 2.22. The molecule has 0 aliphatic carbocycles. The van der Waals surface area contributed by atoms with E-state index in [9.17, 15) is 9.59 Å². The molecule has 0 saturated heterocycles. The number of aliphatic carboxylic acids is 1. The van der Waals surface area contributed by atoms with Crippen molar-refractivity contribution in [2.24, 2.45) is 0 Å². The molecule has 2 aromatic heterocycles. The van der Waals surface area contributed by atoms with Crippen LogP contribution in [0.3, 0.4) is 0 Å². The molecule has 7 nitrogen and oxygen atoms in total. The van der Waals surface area contributed by atoms with E-state index >= 15 is 0 Å². The van der Waals surface area contributed by atoms with E-state index in [1.165, 1.54) is 13.3 Å². The fourth-order valence-electron chi connectivity index (χ4n) is 2.69. The van der Waals surface area contributed by atoms with Gasteiger partial charge in [-0.1, -0.05) is 11.6 Å². The Morgan fingerprint density at radius 2 is 1.96 bits per heavy atom. The number of carbonyl (C=O) groups excluding carboxylic acids is 1. The Kier molecular flexibility index (Phi) is 4.56. The topological polar surface area (TPSA) is 95.5 Å². The SMILES string of the molecule is COc1nc(N(C)C)ccc1-c1cc2c(C(=O)C(=O)O)c[nH]c2cc1Cl. The predicted octanol–water partition coefficient (Wildman–Crippen LogP) is 3.23. The number of hydrogen-bond acceptors (Lipinski definition) is 5. The molecule has 2 heterocycles. The predicted molar refractivity (Wildman–Crippen MR) is 99.4 cm³/mol. The van der Waals surface area contributed by atoms with Crippen molar-refractivity contribution in [1.82, 2.24) is 9.97 Å². The van der Waals surface area contributed by atoms with Gasteiger partial charge in [0.2, 0.25) is 5.88 Å². The van der Waals surface area contributed by atoms with Gasteiger partial charge in [-0.15, -0.1) is 0 Å². The summed E-state index contributed by atoms with van der Waals surface area (Å²) < 4.78 is 5.39. The van der Waals surface area contributed by atoms with Gasteiger partial charge in [0.05, 0.1) is 17.7 Å². The Bertz CT molecular complexity index is 1030. The zero-order chi connectivity index (χ0) is 19.0. The number of benzene rings is 1. The number of ketones is 1. The molecule has 0 atom stereocenters. The summed E-state index contributed by atoms with van der Waals surface area (Å²) in [5.74, 6) is -1.42. The van der Waals surface area contributed by atoms with E-state index in [1.807, 2.05) is 31.1 Å². The molecule has 0 aliphatic heterocycles. The molecule has 0 aliphatic rings. The van der Waals surface area contributed by atoms with Crippen LogP contribution in [0.2, 0.25) is 5.02 Å². The first kappa shape index (κ1) is 17.8. The number of ether oxygens (including phenoxy) is 1. The highest BCUT2D eigenvalue weighted by molar-refractivity contribution is 6.42. The van der Waals surface area contributed by atoms with Gasteiger partial charge in [-0.25, -0.2) is 4.79 Å². The van der Waals surface area contributed by atoms with E-state index in [1.54, 1.807) is 12.1 Å². The molecule has 0 bridgehead atoms. The number of anilines is 1. The first-order valence-corrected chi connectivity index (χ1v) is 8.02. The number of aromatic nitrogens is 2. The van der Waals surface area contributed by atoms with Gasteiger partial charge in [-0.05, 0) is 24.3 Å². The minimum absolute atomic E-state index is 0.0715. The van der Waals surface area contributed by atoms with Crippen LogP contribution in [-0.2, 0) is 4.79 Å². The van der Waals surface area contributed by atoms with Crippen LogP contribution in [0.4, 0.5) is 5.82 Å². The standard InChI is InChI=1S/C18H16ClN3O4/c1-22(2)15-5-4-9(17(21-15)26-3)10-6-11-12(16(23)18(24)25)8-20-14(11)7-13(10)19/h4-8,20H,1-3H3,(H,24,25). The number of halogens is 1. The molecule has 1 aromatic carbocycles. The van der Waals surface area contributed by atoms with Crippen LogP contribution in [-0.4, -0.2) is 48.0 Å². The molecule has 0 amide bonds. The van der Waals surface area contributed by atoms with Gasteiger partial charge in [-0.2, -0.15) is 4.98 Å². The number of carbonyl (C=O) groups is 2. The average molecular weight is 374 g/mol. The molecular formula is C18H16ClN3O4. The third-order valence-corrected chi connectivity index (χ3v) is 4.31. The number of nitrogens with one attached hydrogen (secondary N) is 1. The molecule has 134 valence electrons. The van der Waals surface area contributed by atoms with Crippen LogP contribution in [0.25, 0.3) is 22.0 Å². The second kappa shape index (κ2) is 6.68. The van der Waals surface area contributed by atoms with Gasteiger partial charge < -0.3 is 19.7 Å². The number of carboxylic acid groups (broad SMARTS) is 1. The quantitative estimate of drug-likeness (QED) is 0.526. The van der Waals surface area contributed by atoms with Crippen LogP contribution in [0.1, 0.15) is 10.4 Å². The van der Waals surface area contributed by atoms with E-state index in [4.69, 9.17) is 21.4 Å². The summed E-state index contributed by atoms with van der Waals surface area (Å²) >= 11 is 6.41. The van der Waals surface area contributed by atoms with Crippen LogP contribution < -0.4 is 9.64 Å². The minimum atomic E-state index is -1.52. The molecule has 0 fully saturated rings. The van der Waals surface area contributed by atoms with Crippen LogP contribution in [0.15, 0.2) is 30.5 Å². The molecule has 3 aromatic rings. The highest BCUT2D eigenvalue weighted by atomic mass is 35.5. The highest BCUT2D eigenvalue weighted by Gasteiger charge is 2.21. The Hall–Kier alpha value is -3.06. The number of H-pyrrole nitrogens is 1. The lowest BCUT2D eigenvalue weighted by Gasteiger charge is -2.15. The van der Waals surface area contributed by atoms with Crippen molar-refractivity contribution in [3.8, 4) is 17.0 Å². The van der Waals surface area contributed by atoms with Gasteiger partial charge in [0, 0.05) is 42.3 Å². The lowest BCUT2D eigenvalue weighted by Crippen LogP contribution is -2.12. The number of carboxylic acids is 1. The third kappa shape index (κ3) is 2.97. The molecule has 0 radical (unpaired) electrons. The van der Waals surface area contributed by atoms with Gasteiger partial charge in [0.1, 0.15) is 5.82 Å². The summed E-state index contributed by atoms with van der Waals surface area (Å²) in [5.41, 5.74) is 1.87. The molecule has 26 heavy (non-hydrogen) atoms.